The molecule has 0 radical (unpaired) electrons. The largest absolute Gasteiger partial charge is 0.383 e. The van der Waals surface area contributed by atoms with Crippen LogP contribution in [-0.2, 0) is 9.53 Å². The predicted octanol–water partition coefficient (Wildman–Crippen LogP) is 1.20. The van der Waals surface area contributed by atoms with Gasteiger partial charge in [0.1, 0.15) is 0 Å². The zero-order valence-corrected chi connectivity index (χ0v) is 17.9. The van der Waals surface area contributed by atoms with Gasteiger partial charge >= 0.3 is 0 Å². The molecule has 146 valence electrons. The third-order valence-corrected chi connectivity index (χ3v) is 4.23. The zero-order chi connectivity index (χ0) is 17.9. The minimum atomic E-state index is -0.0705. The summed E-state index contributed by atoms with van der Waals surface area (Å²) in [6.07, 6.45) is 2.07. The number of benzene rings is 1. The van der Waals surface area contributed by atoms with Crippen molar-refractivity contribution >= 4 is 41.5 Å². The van der Waals surface area contributed by atoms with E-state index < -0.39 is 0 Å². The lowest BCUT2D eigenvalue weighted by Crippen LogP contribution is -2.50. The van der Waals surface area contributed by atoms with E-state index in [4.69, 9.17) is 4.74 Å². The molecular formula is C18H30IN5O2. The minimum Gasteiger partial charge on any atom is -0.383 e. The first-order valence-corrected chi connectivity index (χ1v) is 8.75. The van der Waals surface area contributed by atoms with Crippen LogP contribution in [0.4, 0.5) is 5.69 Å². The summed E-state index contributed by atoms with van der Waals surface area (Å²) in [5.74, 6) is 0.596. The molecule has 8 heteroatoms. The van der Waals surface area contributed by atoms with Gasteiger partial charge in [0.15, 0.2) is 5.96 Å². The van der Waals surface area contributed by atoms with Crippen LogP contribution >= 0.6 is 24.0 Å². The van der Waals surface area contributed by atoms with Gasteiger partial charge in [-0.25, -0.2) is 0 Å². The van der Waals surface area contributed by atoms with Gasteiger partial charge in [-0.2, -0.15) is 0 Å². The van der Waals surface area contributed by atoms with Crippen LogP contribution in [0.3, 0.4) is 0 Å². The van der Waals surface area contributed by atoms with E-state index in [0.717, 1.165) is 25.9 Å². The van der Waals surface area contributed by atoms with Gasteiger partial charge < -0.3 is 25.6 Å². The van der Waals surface area contributed by atoms with Gasteiger partial charge in [0.25, 0.3) is 0 Å². The van der Waals surface area contributed by atoms with E-state index in [2.05, 4.69) is 50.1 Å². The number of methoxy groups -OCH3 is 1. The van der Waals surface area contributed by atoms with Crippen LogP contribution in [-0.4, -0.2) is 64.9 Å². The van der Waals surface area contributed by atoms with Gasteiger partial charge in [-0.15, -0.1) is 24.0 Å². The van der Waals surface area contributed by atoms with Crippen LogP contribution in [0.1, 0.15) is 12.8 Å². The van der Waals surface area contributed by atoms with Crippen LogP contribution < -0.4 is 20.9 Å². The predicted molar refractivity (Wildman–Crippen MR) is 116 cm³/mol. The molecular weight excluding hydrogens is 445 g/mol. The maximum absolute atomic E-state index is 11.7. The van der Waals surface area contributed by atoms with E-state index in [0.29, 0.717) is 25.2 Å². The summed E-state index contributed by atoms with van der Waals surface area (Å²) < 4.78 is 4.90. The second kappa shape index (κ2) is 12.7. The summed E-state index contributed by atoms with van der Waals surface area (Å²) in [5.41, 5.74) is 1.27. The second-order valence-corrected chi connectivity index (χ2v) is 6.01. The highest BCUT2D eigenvalue weighted by atomic mass is 127. The minimum absolute atomic E-state index is 0. The number of guanidine groups is 1. The number of carbonyl (C=O) groups excluding carboxylic acids is 1. The Morgan fingerprint density at radius 2 is 1.92 bits per heavy atom. The normalized spacial score (nSPS) is 15.2. The first-order valence-electron chi connectivity index (χ1n) is 8.75. The van der Waals surface area contributed by atoms with Crippen LogP contribution in [0.5, 0.6) is 0 Å². The highest BCUT2D eigenvalue weighted by molar-refractivity contribution is 14.0. The molecule has 0 spiro atoms. The number of nitrogens with zero attached hydrogens (tertiary/aromatic N) is 2. The number of hydrogen-bond donors (Lipinski definition) is 3. The number of piperidine rings is 1. The number of rotatable bonds is 7. The van der Waals surface area contributed by atoms with E-state index >= 15 is 0 Å². The van der Waals surface area contributed by atoms with Crippen LogP contribution in [0.2, 0.25) is 0 Å². The fraction of sp³-hybridized carbons (Fsp3) is 0.556. The number of hydrogen-bond acceptors (Lipinski definition) is 4. The lowest BCUT2D eigenvalue weighted by atomic mass is 10.0. The summed E-state index contributed by atoms with van der Waals surface area (Å²) in [6, 6.07) is 10.8. The molecule has 1 aliphatic rings. The summed E-state index contributed by atoms with van der Waals surface area (Å²) >= 11 is 0. The summed E-state index contributed by atoms with van der Waals surface area (Å²) in [4.78, 5) is 18.3. The van der Waals surface area contributed by atoms with Gasteiger partial charge in [-0.05, 0) is 25.0 Å². The quantitative estimate of drug-likeness (QED) is 0.239. The van der Waals surface area contributed by atoms with Gasteiger partial charge in [0.2, 0.25) is 5.91 Å². The van der Waals surface area contributed by atoms with E-state index in [9.17, 15) is 4.79 Å². The van der Waals surface area contributed by atoms with Crippen molar-refractivity contribution in [3.8, 4) is 0 Å². The van der Waals surface area contributed by atoms with Crippen molar-refractivity contribution in [1.82, 2.24) is 16.0 Å². The van der Waals surface area contributed by atoms with E-state index in [1.54, 1.807) is 14.2 Å². The van der Waals surface area contributed by atoms with E-state index in [-0.39, 0.29) is 36.4 Å². The zero-order valence-electron chi connectivity index (χ0n) is 15.5. The molecule has 2 rings (SSSR count). The van der Waals surface area contributed by atoms with Crippen molar-refractivity contribution in [2.45, 2.75) is 18.9 Å². The lowest BCUT2D eigenvalue weighted by molar-refractivity contribution is -0.120. The fourth-order valence-corrected chi connectivity index (χ4v) is 2.83. The molecule has 1 aliphatic heterocycles. The second-order valence-electron chi connectivity index (χ2n) is 6.01. The molecule has 0 unspecified atom stereocenters. The Bertz CT molecular complexity index is 548. The van der Waals surface area contributed by atoms with Crippen molar-refractivity contribution in [2.24, 2.45) is 4.99 Å². The van der Waals surface area contributed by atoms with Gasteiger partial charge in [0, 0.05) is 45.5 Å². The topological polar surface area (TPSA) is 78.0 Å². The molecule has 3 N–H and O–H groups in total. The average Bonchev–Trinajstić information content (AvgIpc) is 2.66. The van der Waals surface area contributed by atoms with E-state index in [1.807, 2.05) is 6.07 Å². The average molecular weight is 475 g/mol. The fourth-order valence-electron chi connectivity index (χ4n) is 2.83. The standard InChI is InChI=1S/C18H29N5O2.HI/c1-19-18(21-14-17(24)20-10-13-25-2)22-15-8-11-23(12-9-15)16-6-4-3-5-7-16;/h3-7,15H,8-14H2,1-2H3,(H,20,24)(H2,19,21,22);1H. The summed E-state index contributed by atoms with van der Waals surface area (Å²) in [6.45, 7) is 3.25. The molecule has 1 aromatic rings. The number of aliphatic imine (C=N–C) groups is 1. The molecule has 1 fully saturated rings. The molecule has 0 atom stereocenters. The van der Waals surface area contributed by atoms with Crippen molar-refractivity contribution in [1.29, 1.82) is 0 Å². The SMILES string of the molecule is CN=C(NCC(=O)NCCOC)NC1CCN(c2ccccc2)CC1.I. The number of anilines is 1. The molecule has 1 saturated heterocycles. The van der Waals surface area contributed by atoms with Crippen molar-refractivity contribution in [3.63, 3.8) is 0 Å². The Kier molecular flexibility index (Phi) is 11.0. The molecule has 1 heterocycles. The molecule has 1 amide bonds. The monoisotopic (exact) mass is 475 g/mol. The van der Waals surface area contributed by atoms with Crippen molar-refractivity contribution in [3.05, 3.63) is 30.3 Å². The highest BCUT2D eigenvalue weighted by Gasteiger charge is 2.20. The molecule has 0 aromatic heterocycles. The number of amides is 1. The van der Waals surface area contributed by atoms with Crippen LogP contribution in [0.15, 0.2) is 35.3 Å². The first kappa shape index (κ1) is 22.5. The van der Waals surface area contributed by atoms with Crippen molar-refractivity contribution < 1.29 is 9.53 Å². The Balaban J connectivity index is 0.00000338. The molecule has 0 aliphatic carbocycles. The smallest absolute Gasteiger partial charge is 0.239 e. The maximum Gasteiger partial charge on any atom is 0.239 e. The molecule has 26 heavy (non-hydrogen) atoms. The maximum atomic E-state index is 11.7. The number of carbonyl (C=O) groups is 1. The number of para-hydroxylation sites is 1. The lowest BCUT2D eigenvalue weighted by Gasteiger charge is -2.34. The number of halogens is 1. The van der Waals surface area contributed by atoms with Crippen molar-refractivity contribution in [2.75, 3.05) is 51.8 Å². The Morgan fingerprint density at radius 1 is 1.23 bits per heavy atom. The number of ether oxygens (including phenoxy) is 1. The molecule has 1 aromatic carbocycles. The third kappa shape index (κ3) is 7.77. The molecule has 0 bridgehead atoms. The Hall–Kier alpha value is -1.55. The third-order valence-electron chi connectivity index (χ3n) is 4.23. The highest BCUT2D eigenvalue weighted by Crippen LogP contribution is 2.19. The Labute approximate surface area is 173 Å². The molecule has 0 saturated carbocycles. The summed E-state index contributed by atoms with van der Waals surface area (Å²) in [5, 5.41) is 9.24. The first-order chi connectivity index (χ1) is 12.2. The van der Waals surface area contributed by atoms with Gasteiger partial charge in [0.05, 0.1) is 13.2 Å². The van der Waals surface area contributed by atoms with Crippen LogP contribution in [0.25, 0.3) is 0 Å². The summed E-state index contributed by atoms with van der Waals surface area (Å²) in [7, 11) is 3.33. The van der Waals surface area contributed by atoms with Crippen LogP contribution in [0, 0.1) is 0 Å². The van der Waals surface area contributed by atoms with E-state index in [1.165, 1.54) is 5.69 Å². The number of nitrogens with one attached hydrogen (secondary N) is 3. The molecule has 7 nitrogen and oxygen atoms in total. The Morgan fingerprint density at radius 3 is 2.54 bits per heavy atom. The van der Waals surface area contributed by atoms with Gasteiger partial charge in [-0.3, -0.25) is 9.79 Å². The van der Waals surface area contributed by atoms with Gasteiger partial charge in [-0.1, -0.05) is 18.2 Å².